The predicted molar refractivity (Wildman–Crippen MR) is 56.4 cm³/mol. The zero-order chi connectivity index (χ0) is 10.6. The number of hydrogen-bond donors (Lipinski definition) is 3. The lowest BCUT2D eigenvalue weighted by atomic mass is 10.0. The van der Waals surface area contributed by atoms with Crippen LogP contribution < -0.4 is 5.56 Å². The molecule has 4 nitrogen and oxygen atoms in total. The van der Waals surface area contributed by atoms with Crippen LogP contribution in [0.4, 0.5) is 0 Å². The van der Waals surface area contributed by atoms with Crippen LogP contribution in [0.15, 0.2) is 23.1 Å². The van der Waals surface area contributed by atoms with Crippen LogP contribution >= 0.6 is 15.9 Å². The van der Waals surface area contributed by atoms with Crippen LogP contribution in [0.2, 0.25) is 0 Å². The summed E-state index contributed by atoms with van der Waals surface area (Å²) in [6, 6.07) is 3.11. The average molecular weight is 262 g/mol. The van der Waals surface area contributed by atoms with E-state index >= 15 is 0 Å². The van der Waals surface area contributed by atoms with Crippen LogP contribution in [0.1, 0.15) is 18.1 Å². The van der Waals surface area contributed by atoms with Crippen molar-refractivity contribution in [1.82, 2.24) is 4.98 Å². The zero-order valence-electron chi connectivity index (χ0n) is 7.48. The molecule has 78 valence electrons. The highest BCUT2D eigenvalue weighted by molar-refractivity contribution is 9.09. The van der Waals surface area contributed by atoms with Crippen molar-refractivity contribution >= 4 is 15.9 Å². The van der Waals surface area contributed by atoms with Gasteiger partial charge in [0.15, 0.2) is 0 Å². The molecule has 1 aromatic rings. The monoisotopic (exact) mass is 261 g/mol. The molecule has 0 aliphatic rings. The minimum atomic E-state index is -1.13. The summed E-state index contributed by atoms with van der Waals surface area (Å²) in [4.78, 5) is 13.7. The van der Waals surface area contributed by atoms with E-state index < -0.39 is 12.2 Å². The fourth-order valence-electron chi connectivity index (χ4n) is 1.14. The summed E-state index contributed by atoms with van der Waals surface area (Å²) in [7, 11) is 0. The molecule has 0 amide bonds. The Hall–Kier alpha value is -0.650. The summed E-state index contributed by atoms with van der Waals surface area (Å²) in [5.74, 6) is 0. The molecule has 0 aromatic carbocycles. The minimum absolute atomic E-state index is 0.195. The lowest BCUT2D eigenvalue weighted by molar-refractivity contribution is 0.0165. The maximum absolute atomic E-state index is 11.2. The van der Waals surface area contributed by atoms with E-state index in [-0.39, 0.29) is 11.1 Å². The molecule has 1 aromatic heterocycles. The minimum Gasteiger partial charge on any atom is -0.390 e. The topological polar surface area (TPSA) is 73.3 Å². The van der Waals surface area contributed by atoms with Crippen LogP contribution in [0.3, 0.4) is 0 Å². The fraction of sp³-hybridized carbons (Fsp3) is 0.444. The number of hydrogen-bond acceptors (Lipinski definition) is 3. The van der Waals surface area contributed by atoms with E-state index in [0.717, 1.165) is 0 Å². The molecule has 2 atom stereocenters. The largest absolute Gasteiger partial charge is 0.390 e. The molecule has 0 saturated heterocycles. The second-order valence-corrected chi connectivity index (χ2v) is 3.74. The molecule has 1 rings (SSSR count). The summed E-state index contributed by atoms with van der Waals surface area (Å²) < 4.78 is 0. The molecule has 0 spiro atoms. The zero-order valence-corrected chi connectivity index (χ0v) is 9.07. The molecule has 0 aliphatic carbocycles. The molecule has 1 heterocycles. The molecular formula is C9H12BrNO3. The summed E-state index contributed by atoms with van der Waals surface area (Å²) in [5.41, 5.74) is -0.172. The molecule has 0 fully saturated rings. The summed E-state index contributed by atoms with van der Waals surface area (Å²) in [6.07, 6.45) is -0.166. The third-order valence-electron chi connectivity index (χ3n) is 1.94. The van der Waals surface area contributed by atoms with Crippen molar-refractivity contribution in [2.75, 3.05) is 5.33 Å². The van der Waals surface area contributed by atoms with Gasteiger partial charge in [0.2, 0.25) is 0 Å². The van der Waals surface area contributed by atoms with Crippen LogP contribution in [-0.2, 0) is 0 Å². The number of pyridine rings is 1. The van der Waals surface area contributed by atoms with E-state index in [0.29, 0.717) is 11.8 Å². The van der Waals surface area contributed by atoms with E-state index in [2.05, 4.69) is 20.9 Å². The van der Waals surface area contributed by atoms with Gasteiger partial charge < -0.3 is 15.2 Å². The van der Waals surface area contributed by atoms with Crippen molar-refractivity contribution in [3.05, 3.63) is 34.2 Å². The van der Waals surface area contributed by atoms with Gasteiger partial charge in [-0.15, -0.1) is 0 Å². The van der Waals surface area contributed by atoms with Crippen LogP contribution in [0.25, 0.3) is 0 Å². The maximum atomic E-state index is 11.2. The highest BCUT2D eigenvalue weighted by Crippen LogP contribution is 2.15. The van der Waals surface area contributed by atoms with Crippen LogP contribution in [0.5, 0.6) is 0 Å². The third-order valence-corrected chi connectivity index (χ3v) is 2.39. The van der Waals surface area contributed by atoms with Gasteiger partial charge in [0.05, 0.1) is 6.10 Å². The fourth-order valence-corrected chi connectivity index (χ4v) is 1.61. The first-order chi connectivity index (χ1) is 6.66. The maximum Gasteiger partial charge on any atom is 0.253 e. The van der Waals surface area contributed by atoms with Crippen molar-refractivity contribution in [3.8, 4) is 0 Å². The smallest absolute Gasteiger partial charge is 0.253 e. The van der Waals surface area contributed by atoms with Gasteiger partial charge in [0.25, 0.3) is 5.56 Å². The van der Waals surface area contributed by atoms with E-state index in [1.807, 2.05) is 0 Å². The number of nitrogens with one attached hydrogen (secondary N) is 1. The Morgan fingerprint density at radius 3 is 2.79 bits per heavy atom. The second kappa shape index (κ2) is 5.29. The Labute approximate surface area is 89.7 Å². The molecular weight excluding hydrogens is 250 g/mol. The van der Waals surface area contributed by atoms with Gasteiger partial charge in [-0.05, 0) is 18.6 Å². The lowest BCUT2D eigenvalue weighted by Crippen LogP contribution is -2.25. The Bertz CT molecular complexity index is 339. The summed E-state index contributed by atoms with van der Waals surface area (Å²) in [6.45, 7) is 0. The van der Waals surface area contributed by atoms with E-state index in [1.165, 1.54) is 12.3 Å². The number of H-pyrrole nitrogens is 1. The molecule has 5 heteroatoms. The molecule has 0 bridgehead atoms. The second-order valence-electron chi connectivity index (χ2n) is 2.94. The summed E-state index contributed by atoms with van der Waals surface area (Å²) >= 11 is 3.15. The number of aromatic amines is 1. The third kappa shape index (κ3) is 2.67. The quantitative estimate of drug-likeness (QED) is 0.694. The van der Waals surface area contributed by atoms with E-state index in [9.17, 15) is 15.0 Å². The molecule has 0 radical (unpaired) electrons. The van der Waals surface area contributed by atoms with Gasteiger partial charge in [-0.2, -0.15) is 0 Å². The Morgan fingerprint density at radius 2 is 2.21 bits per heavy atom. The first-order valence-corrected chi connectivity index (χ1v) is 5.38. The number of aliphatic hydroxyl groups is 2. The first kappa shape index (κ1) is 11.4. The van der Waals surface area contributed by atoms with Crippen molar-refractivity contribution < 1.29 is 10.2 Å². The van der Waals surface area contributed by atoms with Crippen molar-refractivity contribution in [2.45, 2.75) is 18.6 Å². The summed E-state index contributed by atoms with van der Waals surface area (Å²) in [5, 5.41) is 19.7. The van der Waals surface area contributed by atoms with Crippen LogP contribution in [-0.4, -0.2) is 26.6 Å². The standard InChI is InChI=1S/C9H12BrNO3/c10-4-3-7(12)8(13)6-2-1-5-11-9(6)14/h1-2,5,7-8,12-13H,3-4H2,(H,11,14). The van der Waals surface area contributed by atoms with Gasteiger partial charge in [-0.3, -0.25) is 4.79 Å². The Balaban J connectivity index is 2.84. The molecule has 2 unspecified atom stereocenters. The number of halogens is 1. The van der Waals surface area contributed by atoms with Gasteiger partial charge in [-0.25, -0.2) is 0 Å². The van der Waals surface area contributed by atoms with Gasteiger partial charge >= 0.3 is 0 Å². The number of rotatable bonds is 4. The number of aromatic nitrogens is 1. The molecule has 0 saturated carbocycles. The number of alkyl halides is 1. The SMILES string of the molecule is O=c1[nH]cccc1C(O)C(O)CCBr. The van der Waals surface area contributed by atoms with E-state index in [4.69, 9.17) is 0 Å². The molecule has 3 N–H and O–H groups in total. The van der Waals surface area contributed by atoms with Crippen molar-refractivity contribution in [1.29, 1.82) is 0 Å². The lowest BCUT2D eigenvalue weighted by Gasteiger charge is -2.15. The van der Waals surface area contributed by atoms with Gasteiger partial charge in [0.1, 0.15) is 6.10 Å². The van der Waals surface area contributed by atoms with Gasteiger partial charge in [0, 0.05) is 17.1 Å². The Kier molecular flexibility index (Phi) is 4.31. The van der Waals surface area contributed by atoms with Crippen LogP contribution in [0, 0.1) is 0 Å². The highest BCUT2D eigenvalue weighted by atomic mass is 79.9. The molecule has 0 aliphatic heterocycles. The van der Waals surface area contributed by atoms with Crippen molar-refractivity contribution in [2.24, 2.45) is 0 Å². The normalized spacial score (nSPS) is 15.1. The first-order valence-electron chi connectivity index (χ1n) is 4.26. The highest BCUT2D eigenvalue weighted by Gasteiger charge is 2.19. The average Bonchev–Trinajstić information content (AvgIpc) is 2.18. The number of aliphatic hydroxyl groups excluding tert-OH is 2. The van der Waals surface area contributed by atoms with Crippen molar-refractivity contribution in [3.63, 3.8) is 0 Å². The molecule has 14 heavy (non-hydrogen) atoms. The van der Waals surface area contributed by atoms with Gasteiger partial charge in [-0.1, -0.05) is 15.9 Å². The van der Waals surface area contributed by atoms with E-state index in [1.54, 1.807) is 6.07 Å². The predicted octanol–water partition coefficient (Wildman–Crippen LogP) is 0.554. The Morgan fingerprint density at radius 1 is 1.50 bits per heavy atom.